The van der Waals surface area contributed by atoms with E-state index >= 15 is 0 Å². The molecule has 0 aromatic heterocycles. The molecular formula is C16H24N2O. The van der Waals surface area contributed by atoms with Crippen molar-refractivity contribution in [1.82, 2.24) is 5.32 Å². The molecule has 0 saturated carbocycles. The van der Waals surface area contributed by atoms with Crippen LogP contribution in [0.1, 0.15) is 42.1 Å². The van der Waals surface area contributed by atoms with Crippen molar-refractivity contribution in [3.63, 3.8) is 0 Å². The van der Waals surface area contributed by atoms with Gasteiger partial charge in [0.15, 0.2) is 0 Å². The predicted molar refractivity (Wildman–Crippen MR) is 78.4 cm³/mol. The highest BCUT2D eigenvalue weighted by Crippen LogP contribution is 2.39. The van der Waals surface area contributed by atoms with E-state index in [1.54, 1.807) is 7.11 Å². The van der Waals surface area contributed by atoms with Crippen molar-refractivity contribution in [2.75, 3.05) is 14.2 Å². The van der Waals surface area contributed by atoms with Crippen LogP contribution in [0.15, 0.2) is 6.07 Å². The standard InChI is InChI=1S/C16H24N2O/c1-10-8-13(19-7)11(2)12(3)14(10)15(18-6)16(4,5)9-17/h8,15,18H,1-7H3. The van der Waals surface area contributed by atoms with Crippen molar-refractivity contribution in [2.45, 2.75) is 40.7 Å². The molecule has 104 valence electrons. The first kappa shape index (κ1) is 15.5. The first-order valence-electron chi connectivity index (χ1n) is 6.53. The third kappa shape index (κ3) is 2.74. The number of nitrogens with one attached hydrogen (secondary N) is 1. The second-order valence-corrected chi connectivity index (χ2v) is 5.61. The third-order valence-electron chi connectivity index (χ3n) is 3.92. The molecule has 0 aliphatic carbocycles. The zero-order valence-corrected chi connectivity index (χ0v) is 13.0. The molecule has 1 aromatic carbocycles. The van der Waals surface area contributed by atoms with Crippen LogP contribution in [-0.4, -0.2) is 14.2 Å². The minimum absolute atomic E-state index is 0.00195. The molecule has 0 radical (unpaired) electrons. The molecule has 1 unspecified atom stereocenters. The summed E-state index contributed by atoms with van der Waals surface area (Å²) in [5.74, 6) is 0.906. The third-order valence-corrected chi connectivity index (χ3v) is 3.92. The molecule has 3 nitrogen and oxygen atoms in total. The van der Waals surface area contributed by atoms with E-state index in [0.29, 0.717) is 0 Å². The Hall–Kier alpha value is -1.53. The Balaban J connectivity index is 3.51. The van der Waals surface area contributed by atoms with Crippen LogP contribution in [0.4, 0.5) is 0 Å². The van der Waals surface area contributed by atoms with E-state index in [-0.39, 0.29) is 6.04 Å². The van der Waals surface area contributed by atoms with E-state index < -0.39 is 5.41 Å². The van der Waals surface area contributed by atoms with E-state index in [9.17, 15) is 5.26 Å². The molecule has 3 heteroatoms. The zero-order valence-electron chi connectivity index (χ0n) is 13.0. The summed E-state index contributed by atoms with van der Waals surface area (Å²) in [6.45, 7) is 10.2. The van der Waals surface area contributed by atoms with Gasteiger partial charge >= 0.3 is 0 Å². The summed E-state index contributed by atoms with van der Waals surface area (Å²) in [6.07, 6.45) is 0. The first-order chi connectivity index (χ1) is 8.80. The molecule has 1 rings (SSSR count). The molecular weight excluding hydrogens is 236 g/mol. The molecule has 1 aromatic rings. The Morgan fingerprint density at radius 3 is 2.26 bits per heavy atom. The van der Waals surface area contributed by atoms with Crippen molar-refractivity contribution in [1.29, 1.82) is 5.26 Å². The minimum atomic E-state index is -0.467. The van der Waals surface area contributed by atoms with Crippen LogP contribution in [0.2, 0.25) is 0 Å². The Labute approximate surface area is 116 Å². The van der Waals surface area contributed by atoms with Gasteiger partial charge in [-0.1, -0.05) is 0 Å². The number of rotatable bonds is 4. The Bertz CT molecular complexity index is 512. The van der Waals surface area contributed by atoms with Gasteiger partial charge in [0, 0.05) is 0 Å². The highest BCUT2D eigenvalue weighted by Gasteiger charge is 2.32. The lowest BCUT2D eigenvalue weighted by Gasteiger charge is -2.31. The first-order valence-corrected chi connectivity index (χ1v) is 6.53. The molecule has 1 N–H and O–H groups in total. The zero-order chi connectivity index (χ0) is 14.8. The quantitative estimate of drug-likeness (QED) is 0.902. The van der Waals surface area contributed by atoms with Crippen molar-refractivity contribution < 1.29 is 4.74 Å². The number of hydrogen-bond acceptors (Lipinski definition) is 3. The molecule has 0 fully saturated rings. The van der Waals surface area contributed by atoms with Crippen LogP contribution >= 0.6 is 0 Å². The second kappa shape index (κ2) is 5.63. The number of nitrogens with zero attached hydrogens (tertiary/aromatic N) is 1. The molecule has 0 heterocycles. The summed E-state index contributed by atoms with van der Waals surface area (Å²) in [5.41, 5.74) is 4.22. The fourth-order valence-corrected chi connectivity index (χ4v) is 2.65. The lowest BCUT2D eigenvalue weighted by molar-refractivity contribution is 0.340. The summed E-state index contributed by atoms with van der Waals surface area (Å²) < 4.78 is 5.40. The molecule has 0 bridgehead atoms. The SMILES string of the molecule is CNC(c1c(C)cc(OC)c(C)c1C)C(C)(C)C#N. The molecule has 0 aliphatic rings. The average molecular weight is 260 g/mol. The Morgan fingerprint density at radius 2 is 1.84 bits per heavy atom. The van der Waals surface area contributed by atoms with Crippen molar-refractivity contribution >= 4 is 0 Å². The van der Waals surface area contributed by atoms with Crippen molar-refractivity contribution in [2.24, 2.45) is 5.41 Å². The van der Waals surface area contributed by atoms with Gasteiger partial charge in [0.2, 0.25) is 0 Å². The normalized spacial score (nSPS) is 12.9. The van der Waals surface area contributed by atoms with Gasteiger partial charge in [-0.25, -0.2) is 0 Å². The monoisotopic (exact) mass is 260 g/mol. The smallest absolute Gasteiger partial charge is 0.122 e. The maximum absolute atomic E-state index is 9.39. The molecule has 1 atom stereocenters. The van der Waals surface area contributed by atoms with Gasteiger partial charge in [0.25, 0.3) is 0 Å². The van der Waals surface area contributed by atoms with Crippen molar-refractivity contribution in [3.05, 3.63) is 28.3 Å². The number of aryl methyl sites for hydroxylation is 1. The number of hydrogen-bond donors (Lipinski definition) is 1. The predicted octanol–water partition coefficient (Wildman–Crippen LogP) is 3.43. The van der Waals surface area contributed by atoms with Gasteiger partial charge in [0.1, 0.15) is 5.75 Å². The molecule has 19 heavy (non-hydrogen) atoms. The summed E-state index contributed by atoms with van der Waals surface area (Å²) in [6, 6.07) is 4.45. The van der Waals surface area contributed by atoms with E-state index in [1.807, 2.05) is 20.9 Å². The highest BCUT2D eigenvalue weighted by atomic mass is 16.5. The fraction of sp³-hybridized carbons (Fsp3) is 0.562. The number of methoxy groups -OCH3 is 1. The Kier molecular flexibility index (Phi) is 4.60. The molecule has 0 saturated heterocycles. The summed E-state index contributed by atoms with van der Waals surface area (Å²) in [5, 5.41) is 12.7. The fourth-order valence-electron chi connectivity index (χ4n) is 2.65. The average Bonchev–Trinajstić information content (AvgIpc) is 2.38. The lowest BCUT2D eigenvalue weighted by atomic mass is 9.78. The van der Waals surface area contributed by atoms with Gasteiger partial charge in [0.05, 0.1) is 24.6 Å². The van der Waals surface area contributed by atoms with Gasteiger partial charge in [-0.15, -0.1) is 0 Å². The largest absolute Gasteiger partial charge is 0.496 e. The summed E-state index contributed by atoms with van der Waals surface area (Å²) in [4.78, 5) is 0. The van der Waals surface area contributed by atoms with Gasteiger partial charge < -0.3 is 10.1 Å². The maximum Gasteiger partial charge on any atom is 0.122 e. The van der Waals surface area contributed by atoms with Gasteiger partial charge in [-0.05, 0) is 70.0 Å². The number of nitriles is 1. The highest BCUT2D eigenvalue weighted by molar-refractivity contribution is 5.50. The summed E-state index contributed by atoms with van der Waals surface area (Å²) >= 11 is 0. The van der Waals surface area contributed by atoms with Crippen LogP contribution in [0.25, 0.3) is 0 Å². The van der Waals surface area contributed by atoms with Gasteiger partial charge in [-0.3, -0.25) is 0 Å². The van der Waals surface area contributed by atoms with Crippen LogP contribution in [0.5, 0.6) is 5.75 Å². The lowest BCUT2D eigenvalue weighted by Crippen LogP contribution is -2.32. The Morgan fingerprint density at radius 1 is 1.26 bits per heavy atom. The molecule has 0 spiro atoms. The number of ether oxygens (including phenoxy) is 1. The molecule has 0 aliphatic heterocycles. The number of benzene rings is 1. The topological polar surface area (TPSA) is 45.0 Å². The van der Waals surface area contributed by atoms with E-state index in [4.69, 9.17) is 4.74 Å². The second-order valence-electron chi connectivity index (χ2n) is 5.61. The summed E-state index contributed by atoms with van der Waals surface area (Å²) in [7, 11) is 3.60. The van der Waals surface area contributed by atoms with E-state index in [0.717, 1.165) is 16.9 Å². The van der Waals surface area contributed by atoms with Crippen LogP contribution in [0.3, 0.4) is 0 Å². The molecule has 0 amide bonds. The maximum atomic E-state index is 9.39. The van der Waals surface area contributed by atoms with E-state index in [2.05, 4.69) is 38.2 Å². The minimum Gasteiger partial charge on any atom is -0.496 e. The van der Waals surface area contributed by atoms with Gasteiger partial charge in [-0.2, -0.15) is 5.26 Å². The van der Waals surface area contributed by atoms with Crippen LogP contribution < -0.4 is 10.1 Å². The van der Waals surface area contributed by atoms with Crippen LogP contribution in [-0.2, 0) is 0 Å². The van der Waals surface area contributed by atoms with E-state index in [1.165, 1.54) is 11.1 Å². The van der Waals surface area contributed by atoms with Crippen molar-refractivity contribution in [3.8, 4) is 11.8 Å². The van der Waals surface area contributed by atoms with Crippen LogP contribution in [0, 0.1) is 37.5 Å².